The number of methoxy groups -OCH3 is 1. The first-order valence-corrected chi connectivity index (χ1v) is 7.91. The number of carbonyl (C=O) groups is 1. The molecule has 0 unspecified atom stereocenters. The van der Waals surface area contributed by atoms with Crippen LogP contribution in [0, 0.1) is 13.8 Å². The predicted octanol–water partition coefficient (Wildman–Crippen LogP) is 4.36. The molecule has 0 aliphatic heterocycles. The number of aryl methyl sites for hydroxylation is 1. The van der Waals surface area contributed by atoms with Crippen LogP contribution in [0.15, 0.2) is 42.5 Å². The molecule has 0 atom stereocenters. The van der Waals surface area contributed by atoms with Gasteiger partial charge >= 0.3 is 0 Å². The third-order valence-corrected chi connectivity index (χ3v) is 3.78. The number of anilines is 1. The third-order valence-electron chi connectivity index (χ3n) is 3.78. The van der Waals surface area contributed by atoms with Gasteiger partial charge in [-0.25, -0.2) is 0 Å². The van der Waals surface area contributed by atoms with Crippen molar-refractivity contribution in [3.05, 3.63) is 59.2 Å². The standard InChI is InChI=1S/C20H23NO3/c1-5-24-19-13-16(9-11-18(19)23-4)10-12-20(22)21-17-8-6-7-14(2)15(17)3/h6-13H,5H2,1-4H3,(H,21,22)/b12-10+. The Bertz CT molecular complexity index is 751. The van der Waals surface area contributed by atoms with Crippen molar-refractivity contribution in [2.75, 3.05) is 19.0 Å². The van der Waals surface area contributed by atoms with Crippen LogP contribution in [0.5, 0.6) is 11.5 Å². The van der Waals surface area contributed by atoms with Crippen LogP contribution in [0.3, 0.4) is 0 Å². The summed E-state index contributed by atoms with van der Waals surface area (Å²) in [6.45, 7) is 6.48. The normalized spacial score (nSPS) is 10.7. The first kappa shape index (κ1) is 17.6. The first-order chi connectivity index (χ1) is 11.5. The van der Waals surface area contributed by atoms with Gasteiger partial charge in [0, 0.05) is 11.8 Å². The van der Waals surface area contributed by atoms with E-state index in [9.17, 15) is 4.79 Å². The highest BCUT2D eigenvalue weighted by molar-refractivity contribution is 6.02. The lowest BCUT2D eigenvalue weighted by Gasteiger charge is -2.10. The van der Waals surface area contributed by atoms with Crippen molar-refractivity contribution in [1.82, 2.24) is 0 Å². The van der Waals surface area contributed by atoms with Crippen LogP contribution in [0.4, 0.5) is 5.69 Å². The highest BCUT2D eigenvalue weighted by Gasteiger charge is 2.05. The smallest absolute Gasteiger partial charge is 0.248 e. The van der Waals surface area contributed by atoms with Gasteiger partial charge in [-0.3, -0.25) is 4.79 Å². The fraction of sp³-hybridized carbons (Fsp3) is 0.250. The molecule has 1 amide bonds. The maximum absolute atomic E-state index is 12.1. The Balaban J connectivity index is 2.11. The molecule has 1 N–H and O–H groups in total. The van der Waals surface area contributed by atoms with E-state index in [1.807, 2.05) is 57.2 Å². The minimum Gasteiger partial charge on any atom is -0.493 e. The van der Waals surface area contributed by atoms with Gasteiger partial charge in [-0.15, -0.1) is 0 Å². The molecule has 0 aliphatic rings. The molecule has 2 rings (SSSR count). The summed E-state index contributed by atoms with van der Waals surface area (Å²) in [5, 5.41) is 2.90. The summed E-state index contributed by atoms with van der Waals surface area (Å²) < 4.78 is 10.8. The van der Waals surface area contributed by atoms with Gasteiger partial charge in [-0.2, -0.15) is 0 Å². The van der Waals surface area contributed by atoms with E-state index in [1.165, 1.54) is 6.08 Å². The van der Waals surface area contributed by atoms with Crippen molar-refractivity contribution < 1.29 is 14.3 Å². The third kappa shape index (κ3) is 4.38. The molecule has 4 heteroatoms. The molecule has 0 aliphatic carbocycles. The summed E-state index contributed by atoms with van der Waals surface area (Å²) in [5.74, 6) is 1.17. The van der Waals surface area contributed by atoms with E-state index in [1.54, 1.807) is 13.2 Å². The van der Waals surface area contributed by atoms with Crippen molar-refractivity contribution >= 4 is 17.7 Å². The van der Waals surface area contributed by atoms with E-state index in [0.717, 1.165) is 22.4 Å². The zero-order valence-corrected chi connectivity index (χ0v) is 14.6. The van der Waals surface area contributed by atoms with E-state index >= 15 is 0 Å². The second kappa shape index (κ2) is 8.20. The van der Waals surface area contributed by atoms with Crippen LogP contribution >= 0.6 is 0 Å². The van der Waals surface area contributed by atoms with Gasteiger partial charge < -0.3 is 14.8 Å². The van der Waals surface area contributed by atoms with Crippen LogP contribution in [-0.4, -0.2) is 19.6 Å². The molecule has 0 radical (unpaired) electrons. The average molecular weight is 325 g/mol. The number of amides is 1. The maximum atomic E-state index is 12.1. The molecule has 0 saturated carbocycles. The van der Waals surface area contributed by atoms with Crippen LogP contribution in [-0.2, 0) is 4.79 Å². The van der Waals surface area contributed by atoms with E-state index in [4.69, 9.17) is 9.47 Å². The van der Waals surface area contributed by atoms with E-state index < -0.39 is 0 Å². The maximum Gasteiger partial charge on any atom is 0.248 e. The number of rotatable bonds is 6. The summed E-state index contributed by atoms with van der Waals surface area (Å²) in [7, 11) is 1.60. The molecule has 2 aromatic rings. The lowest BCUT2D eigenvalue weighted by Crippen LogP contribution is -2.09. The van der Waals surface area contributed by atoms with Crippen molar-refractivity contribution in [2.24, 2.45) is 0 Å². The van der Waals surface area contributed by atoms with E-state index in [-0.39, 0.29) is 5.91 Å². The second-order valence-electron chi connectivity index (χ2n) is 5.41. The van der Waals surface area contributed by atoms with Gasteiger partial charge in [-0.1, -0.05) is 18.2 Å². The Hall–Kier alpha value is -2.75. The Kier molecular flexibility index (Phi) is 6.01. The van der Waals surface area contributed by atoms with Gasteiger partial charge in [0.1, 0.15) is 0 Å². The average Bonchev–Trinajstić information content (AvgIpc) is 2.58. The molecular formula is C20H23NO3. The van der Waals surface area contributed by atoms with Gasteiger partial charge in [0.15, 0.2) is 11.5 Å². The van der Waals surface area contributed by atoms with Crippen LogP contribution in [0.1, 0.15) is 23.6 Å². The minimum absolute atomic E-state index is 0.169. The van der Waals surface area contributed by atoms with Crippen molar-refractivity contribution in [2.45, 2.75) is 20.8 Å². The minimum atomic E-state index is -0.169. The number of ether oxygens (including phenoxy) is 2. The number of hydrogen-bond acceptors (Lipinski definition) is 3. The number of carbonyl (C=O) groups excluding carboxylic acids is 1. The Morgan fingerprint density at radius 2 is 1.96 bits per heavy atom. The molecule has 0 heterocycles. The lowest BCUT2D eigenvalue weighted by molar-refractivity contribution is -0.111. The quantitative estimate of drug-likeness (QED) is 0.803. The number of benzene rings is 2. The molecule has 0 fully saturated rings. The fourth-order valence-electron chi connectivity index (χ4n) is 2.30. The summed E-state index contributed by atoms with van der Waals surface area (Å²) in [6.07, 6.45) is 3.27. The molecule has 0 spiro atoms. The number of nitrogens with one attached hydrogen (secondary N) is 1. The SMILES string of the molecule is CCOc1cc(/C=C/C(=O)Nc2cccc(C)c2C)ccc1OC. The first-order valence-electron chi connectivity index (χ1n) is 7.91. The molecule has 0 saturated heterocycles. The second-order valence-corrected chi connectivity index (χ2v) is 5.41. The molecule has 126 valence electrons. The molecule has 0 aromatic heterocycles. The van der Waals surface area contributed by atoms with Crippen molar-refractivity contribution in [3.63, 3.8) is 0 Å². The van der Waals surface area contributed by atoms with Crippen molar-refractivity contribution in [1.29, 1.82) is 0 Å². The van der Waals surface area contributed by atoms with Crippen LogP contribution < -0.4 is 14.8 Å². The van der Waals surface area contributed by atoms with E-state index in [0.29, 0.717) is 18.1 Å². The molecule has 24 heavy (non-hydrogen) atoms. The van der Waals surface area contributed by atoms with E-state index in [2.05, 4.69) is 5.32 Å². The Morgan fingerprint density at radius 1 is 1.17 bits per heavy atom. The van der Waals surface area contributed by atoms with Crippen LogP contribution in [0.2, 0.25) is 0 Å². The summed E-state index contributed by atoms with van der Waals surface area (Å²) in [6, 6.07) is 11.4. The zero-order chi connectivity index (χ0) is 17.5. The van der Waals surface area contributed by atoms with Gasteiger partial charge in [0.25, 0.3) is 0 Å². The Labute approximate surface area is 143 Å². The monoisotopic (exact) mass is 325 g/mol. The molecule has 0 bridgehead atoms. The van der Waals surface area contributed by atoms with Gasteiger partial charge in [-0.05, 0) is 61.7 Å². The number of hydrogen-bond donors (Lipinski definition) is 1. The summed E-state index contributed by atoms with van der Waals surface area (Å²) >= 11 is 0. The van der Waals surface area contributed by atoms with Crippen molar-refractivity contribution in [3.8, 4) is 11.5 Å². The fourth-order valence-corrected chi connectivity index (χ4v) is 2.30. The topological polar surface area (TPSA) is 47.6 Å². The summed E-state index contributed by atoms with van der Waals surface area (Å²) in [5.41, 5.74) is 3.92. The largest absolute Gasteiger partial charge is 0.493 e. The van der Waals surface area contributed by atoms with Gasteiger partial charge in [0.05, 0.1) is 13.7 Å². The zero-order valence-electron chi connectivity index (χ0n) is 14.6. The Morgan fingerprint density at radius 3 is 2.67 bits per heavy atom. The highest BCUT2D eigenvalue weighted by Crippen LogP contribution is 2.28. The summed E-state index contributed by atoms with van der Waals surface area (Å²) in [4.78, 5) is 12.1. The van der Waals surface area contributed by atoms with Crippen LogP contribution in [0.25, 0.3) is 6.08 Å². The highest BCUT2D eigenvalue weighted by atomic mass is 16.5. The molecule has 4 nitrogen and oxygen atoms in total. The molecular weight excluding hydrogens is 302 g/mol. The van der Waals surface area contributed by atoms with Gasteiger partial charge in [0.2, 0.25) is 5.91 Å². The molecule has 2 aromatic carbocycles. The lowest BCUT2D eigenvalue weighted by atomic mass is 10.1. The predicted molar refractivity (Wildman–Crippen MR) is 97.7 cm³/mol.